The third kappa shape index (κ3) is 4.60. The molecule has 0 unspecified atom stereocenters. The summed E-state index contributed by atoms with van der Waals surface area (Å²) in [5, 5.41) is 29.9. The fraction of sp³-hybridized carbons (Fsp3) is 0.263. The summed E-state index contributed by atoms with van der Waals surface area (Å²) < 4.78 is 0. The van der Waals surface area contributed by atoms with E-state index in [2.05, 4.69) is 31.3 Å². The Bertz CT molecular complexity index is 918. The fourth-order valence-electron chi connectivity index (χ4n) is 2.70. The SMILES string of the molecule is CC(C)(C)NC(=O)N[C@@H](c1cccc(-c2ccccc2O)c1)c1nn[nH]n1. The topological polar surface area (TPSA) is 116 Å². The number of aromatic nitrogens is 4. The molecule has 8 heteroatoms. The molecule has 8 nitrogen and oxygen atoms in total. The molecular formula is C19H22N6O2. The number of aromatic hydroxyl groups is 1. The van der Waals surface area contributed by atoms with Gasteiger partial charge in [-0.05, 0) is 44.0 Å². The normalized spacial score (nSPS) is 12.4. The van der Waals surface area contributed by atoms with Crippen LogP contribution < -0.4 is 10.6 Å². The lowest BCUT2D eigenvalue weighted by atomic mass is 9.98. The molecule has 0 aliphatic carbocycles. The van der Waals surface area contributed by atoms with Crippen LogP contribution in [0.2, 0.25) is 0 Å². The van der Waals surface area contributed by atoms with Crippen molar-refractivity contribution in [3.05, 3.63) is 59.9 Å². The summed E-state index contributed by atoms with van der Waals surface area (Å²) >= 11 is 0. The summed E-state index contributed by atoms with van der Waals surface area (Å²) in [5.74, 6) is 0.526. The number of benzene rings is 2. The number of tetrazole rings is 1. The van der Waals surface area contributed by atoms with E-state index in [0.29, 0.717) is 11.4 Å². The summed E-state index contributed by atoms with van der Waals surface area (Å²) in [6.07, 6.45) is 0. The average molecular weight is 366 g/mol. The first kappa shape index (κ1) is 18.4. The number of hydrogen-bond donors (Lipinski definition) is 4. The zero-order valence-corrected chi connectivity index (χ0v) is 15.4. The Balaban J connectivity index is 1.95. The van der Waals surface area contributed by atoms with Gasteiger partial charge in [0.15, 0.2) is 0 Å². The van der Waals surface area contributed by atoms with Crippen LogP contribution >= 0.6 is 0 Å². The van der Waals surface area contributed by atoms with Crippen molar-refractivity contribution in [1.29, 1.82) is 0 Å². The van der Waals surface area contributed by atoms with Crippen molar-refractivity contribution in [2.75, 3.05) is 0 Å². The Kier molecular flexibility index (Phi) is 5.07. The molecule has 0 fully saturated rings. The van der Waals surface area contributed by atoms with Crippen molar-refractivity contribution in [2.45, 2.75) is 32.4 Å². The Labute approximate surface area is 157 Å². The summed E-state index contributed by atoms with van der Waals surface area (Å²) in [6.45, 7) is 5.69. The molecule has 0 saturated heterocycles. The predicted molar refractivity (Wildman–Crippen MR) is 101 cm³/mol. The van der Waals surface area contributed by atoms with Gasteiger partial charge in [-0.1, -0.05) is 41.6 Å². The molecule has 140 valence electrons. The molecule has 0 spiro atoms. The minimum atomic E-state index is -0.600. The minimum absolute atomic E-state index is 0.184. The van der Waals surface area contributed by atoms with Crippen LogP contribution in [0.15, 0.2) is 48.5 Å². The van der Waals surface area contributed by atoms with Crippen LogP contribution in [-0.2, 0) is 0 Å². The molecule has 2 amide bonds. The Morgan fingerprint density at radius 2 is 1.93 bits per heavy atom. The monoisotopic (exact) mass is 366 g/mol. The van der Waals surface area contributed by atoms with Gasteiger partial charge < -0.3 is 15.7 Å². The number of rotatable bonds is 4. The van der Waals surface area contributed by atoms with Gasteiger partial charge in [-0.25, -0.2) is 4.79 Å². The Morgan fingerprint density at radius 3 is 2.59 bits per heavy atom. The highest BCUT2D eigenvalue weighted by Crippen LogP contribution is 2.31. The van der Waals surface area contributed by atoms with Crippen LogP contribution in [0.3, 0.4) is 0 Å². The number of H-pyrrole nitrogens is 1. The van der Waals surface area contributed by atoms with E-state index in [1.54, 1.807) is 12.1 Å². The molecule has 1 aromatic heterocycles. The van der Waals surface area contributed by atoms with Crippen LogP contribution in [0.5, 0.6) is 5.75 Å². The number of phenols is 1. The number of aromatic amines is 1. The first-order valence-corrected chi connectivity index (χ1v) is 8.54. The summed E-state index contributed by atoms with van der Waals surface area (Å²) in [7, 11) is 0. The molecule has 0 bridgehead atoms. The van der Waals surface area contributed by atoms with Crippen molar-refractivity contribution in [3.8, 4) is 16.9 Å². The highest BCUT2D eigenvalue weighted by Gasteiger charge is 2.23. The van der Waals surface area contributed by atoms with Crippen LogP contribution in [0.25, 0.3) is 11.1 Å². The minimum Gasteiger partial charge on any atom is -0.507 e. The molecular weight excluding hydrogens is 344 g/mol. The second-order valence-electron chi connectivity index (χ2n) is 7.19. The molecule has 1 atom stereocenters. The molecule has 0 aliphatic rings. The molecule has 0 radical (unpaired) electrons. The second kappa shape index (κ2) is 7.45. The van der Waals surface area contributed by atoms with E-state index in [-0.39, 0.29) is 17.3 Å². The number of carbonyl (C=O) groups is 1. The van der Waals surface area contributed by atoms with Gasteiger partial charge in [0.25, 0.3) is 0 Å². The maximum Gasteiger partial charge on any atom is 0.316 e. The van der Waals surface area contributed by atoms with E-state index in [4.69, 9.17) is 0 Å². The fourth-order valence-corrected chi connectivity index (χ4v) is 2.70. The van der Waals surface area contributed by atoms with Crippen LogP contribution in [0.1, 0.15) is 38.2 Å². The first-order valence-electron chi connectivity index (χ1n) is 8.54. The van der Waals surface area contributed by atoms with Gasteiger partial charge in [0.1, 0.15) is 11.8 Å². The van der Waals surface area contributed by atoms with Crippen LogP contribution in [0, 0.1) is 0 Å². The van der Waals surface area contributed by atoms with Crippen molar-refractivity contribution < 1.29 is 9.90 Å². The van der Waals surface area contributed by atoms with Crippen molar-refractivity contribution >= 4 is 6.03 Å². The number of urea groups is 1. The molecule has 3 aromatic rings. The van der Waals surface area contributed by atoms with Gasteiger partial charge in [-0.3, -0.25) is 0 Å². The number of amides is 2. The van der Waals surface area contributed by atoms with Gasteiger partial charge in [0.05, 0.1) is 0 Å². The van der Waals surface area contributed by atoms with E-state index in [1.807, 2.05) is 57.2 Å². The van der Waals surface area contributed by atoms with E-state index >= 15 is 0 Å². The van der Waals surface area contributed by atoms with Crippen LogP contribution in [0.4, 0.5) is 4.79 Å². The molecule has 4 N–H and O–H groups in total. The molecule has 1 heterocycles. The Morgan fingerprint density at radius 1 is 1.15 bits per heavy atom. The third-order valence-corrected chi connectivity index (χ3v) is 3.82. The number of para-hydroxylation sites is 1. The lowest BCUT2D eigenvalue weighted by Crippen LogP contribution is -2.47. The van der Waals surface area contributed by atoms with Gasteiger partial charge in [0.2, 0.25) is 5.82 Å². The van der Waals surface area contributed by atoms with Crippen LogP contribution in [-0.4, -0.2) is 37.3 Å². The number of carbonyl (C=O) groups excluding carboxylic acids is 1. The molecule has 0 saturated carbocycles. The number of nitrogens with zero attached hydrogens (tertiary/aromatic N) is 3. The van der Waals surface area contributed by atoms with Gasteiger partial charge in [-0.15, -0.1) is 10.2 Å². The number of hydrogen-bond acceptors (Lipinski definition) is 5. The smallest absolute Gasteiger partial charge is 0.316 e. The molecule has 3 rings (SSSR count). The quantitative estimate of drug-likeness (QED) is 0.567. The largest absolute Gasteiger partial charge is 0.507 e. The first-order chi connectivity index (χ1) is 12.8. The van der Waals surface area contributed by atoms with Gasteiger partial charge in [-0.2, -0.15) is 5.21 Å². The van der Waals surface area contributed by atoms with Crippen molar-refractivity contribution in [1.82, 2.24) is 31.3 Å². The van der Waals surface area contributed by atoms with E-state index in [0.717, 1.165) is 11.1 Å². The second-order valence-corrected chi connectivity index (χ2v) is 7.19. The number of phenolic OH excluding ortho intramolecular Hbond substituents is 1. The molecule has 27 heavy (non-hydrogen) atoms. The zero-order chi connectivity index (χ0) is 19.4. The van der Waals surface area contributed by atoms with E-state index < -0.39 is 6.04 Å². The number of nitrogens with one attached hydrogen (secondary N) is 3. The summed E-state index contributed by atoms with van der Waals surface area (Å²) in [5.41, 5.74) is 1.90. The standard InChI is InChI=1S/C19H22N6O2/c1-19(2,3)21-18(27)20-16(17-22-24-25-23-17)13-8-6-7-12(11-13)14-9-4-5-10-15(14)26/h4-11,16,26H,1-3H3,(H2,20,21,27)(H,22,23,24,25)/t16-/m0/s1. The highest BCUT2D eigenvalue weighted by atomic mass is 16.3. The summed E-state index contributed by atoms with van der Waals surface area (Å²) in [4.78, 5) is 12.4. The molecule has 2 aromatic carbocycles. The third-order valence-electron chi connectivity index (χ3n) is 3.82. The maximum atomic E-state index is 12.4. The average Bonchev–Trinajstić information content (AvgIpc) is 3.13. The van der Waals surface area contributed by atoms with Crippen molar-refractivity contribution in [3.63, 3.8) is 0 Å². The van der Waals surface area contributed by atoms with Gasteiger partial charge >= 0.3 is 6.03 Å². The molecule has 0 aliphatic heterocycles. The van der Waals surface area contributed by atoms with E-state index in [1.165, 1.54) is 0 Å². The van der Waals surface area contributed by atoms with E-state index in [9.17, 15) is 9.90 Å². The maximum absolute atomic E-state index is 12.4. The highest BCUT2D eigenvalue weighted by molar-refractivity contribution is 5.76. The lowest BCUT2D eigenvalue weighted by molar-refractivity contribution is 0.229. The Hall–Kier alpha value is -3.42. The van der Waals surface area contributed by atoms with Crippen molar-refractivity contribution in [2.24, 2.45) is 0 Å². The van der Waals surface area contributed by atoms with Gasteiger partial charge in [0, 0.05) is 11.1 Å². The lowest BCUT2D eigenvalue weighted by Gasteiger charge is -2.23. The predicted octanol–water partition coefficient (Wildman–Crippen LogP) is 2.76. The zero-order valence-electron chi connectivity index (χ0n) is 15.4. The summed E-state index contributed by atoms with van der Waals surface area (Å²) in [6, 6.07) is 13.6.